The molecule has 0 fully saturated rings. The highest BCUT2D eigenvalue weighted by atomic mass is 32.2. The summed E-state index contributed by atoms with van der Waals surface area (Å²) in [7, 11) is 0. The van der Waals surface area contributed by atoms with Crippen molar-refractivity contribution in [2.24, 2.45) is 5.41 Å². The number of hydrogen-bond acceptors (Lipinski definition) is 5. The van der Waals surface area contributed by atoms with Gasteiger partial charge in [-0.15, -0.1) is 0 Å². The van der Waals surface area contributed by atoms with Gasteiger partial charge in [0, 0.05) is 0 Å². The van der Waals surface area contributed by atoms with Gasteiger partial charge in [0.15, 0.2) is 5.82 Å². The fourth-order valence-electron chi connectivity index (χ4n) is 4.87. The molecule has 4 aromatic rings. The molecular weight excluding hydrogens is 494 g/mol. The zero-order chi connectivity index (χ0) is 26.3. The molecule has 1 unspecified atom stereocenters. The average Bonchev–Trinajstić information content (AvgIpc) is 3.44. The topological polar surface area (TPSA) is 39.9 Å². The van der Waals surface area contributed by atoms with Crippen molar-refractivity contribution in [3.63, 3.8) is 0 Å². The zero-order valence-corrected chi connectivity index (χ0v) is 23.6. The van der Waals surface area contributed by atoms with Crippen LogP contribution < -0.4 is 0 Å². The van der Waals surface area contributed by atoms with Crippen molar-refractivity contribution >= 4 is 28.4 Å². The molecule has 0 amide bonds. The predicted octanol–water partition coefficient (Wildman–Crippen LogP) is 8.04. The van der Waals surface area contributed by atoms with E-state index in [0.29, 0.717) is 11.0 Å². The number of hydrogen-bond donors (Lipinski definition) is 0. The van der Waals surface area contributed by atoms with Crippen molar-refractivity contribution in [2.45, 2.75) is 51.3 Å². The molecule has 4 nitrogen and oxygen atoms in total. The van der Waals surface area contributed by atoms with Gasteiger partial charge in [-0.25, -0.2) is 9.67 Å². The Labute approximate surface area is 230 Å². The molecule has 192 valence electrons. The number of nitrogens with zero attached hydrogens (tertiary/aromatic N) is 3. The molecule has 3 aromatic carbocycles. The van der Waals surface area contributed by atoms with Crippen LogP contribution in [0.2, 0.25) is 0 Å². The highest BCUT2D eigenvalue weighted by molar-refractivity contribution is 8.22. The van der Waals surface area contributed by atoms with Crippen LogP contribution in [-0.4, -0.2) is 25.8 Å². The summed E-state index contributed by atoms with van der Waals surface area (Å²) in [6.45, 7) is 9.24. The van der Waals surface area contributed by atoms with Crippen LogP contribution in [-0.2, 0) is 10.3 Å². The Balaban J connectivity index is 1.96. The van der Waals surface area contributed by atoms with Crippen LogP contribution in [0, 0.1) is 5.41 Å². The first kappa shape index (κ1) is 27.1. The van der Waals surface area contributed by atoms with Crippen LogP contribution in [0.4, 0.5) is 0 Å². The van der Waals surface area contributed by atoms with E-state index >= 15 is 0 Å². The quantitative estimate of drug-likeness (QED) is 0.154. The summed E-state index contributed by atoms with van der Waals surface area (Å²) in [5, 5.41) is 5.22. The van der Waals surface area contributed by atoms with Crippen LogP contribution in [0.25, 0.3) is 0 Å². The predicted molar refractivity (Wildman–Crippen MR) is 158 cm³/mol. The van der Waals surface area contributed by atoms with Crippen LogP contribution in [0.15, 0.2) is 97.3 Å². The van der Waals surface area contributed by atoms with Gasteiger partial charge in [-0.3, -0.25) is 0 Å². The van der Waals surface area contributed by atoms with Crippen LogP contribution >= 0.6 is 24.0 Å². The Kier molecular flexibility index (Phi) is 8.83. The summed E-state index contributed by atoms with van der Waals surface area (Å²) in [6, 6.07) is 31.6. The van der Waals surface area contributed by atoms with E-state index in [1.807, 2.05) is 36.1 Å². The first-order chi connectivity index (χ1) is 18.0. The Morgan fingerprint density at radius 3 is 1.70 bits per heavy atom. The van der Waals surface area contributed by atoms with E-state index < -0.39 is 5.54 Å². The highest BCUT2D eigenvalue weighted by Gasteiger charge is 2.42. The number of ether oxygens (including phenoxy) is 1. The van der Waals surface area contributed by atoms with Gasteiger partial charge in [0.25, 0.3) is 0 Å². The Morgan fingerprint density at radius 2 is 1.30 bits per heavy atom. The van der Waals surface area contributed by atoms with Crippen LogP contribution in [0.3, 0.4) is 0 Å². The lowest BCUT2D eigenvalue weighted by Crippen LogP contribution is -2.38. The largest absolute Gasteiger partial charge is 0.479 e. The molecule has 6 heteroatoms. The standard InChI is InChI=1S/C31H35N3OS2/c1-5-30(4,6-2)27(37-29(36)35-7-3)28-32-23-34(33-28)31(24-17-11-8-12-18-24,25-19-13-9-14-20-25)26-21-15-10-16-22-26/h8-23,27H,5-7H2,1-4H3. The maximum Gasteiger partial charge on any atom is 0.220 e. The molecule has 0 bridgehead atoms. The van der Waals surface area contributed by atoms with E-state index in [0.717, 1.165) is 35.4 Å². The minimum absolute atomic E-state index is 0.0391. The molecular formula is C31H35N3OS2. The third-order valence-corrected chi connectivity index (χ3v) is 9.12. The minimum Gasteiger partial charge on any atom is -0.479 e. The van der Waals surface area contributed by atoms with Gasteiger partial charge < -0.3 is 4.74 Å². The number of aromatic nitrogens is 3. The summed E-state index contributed by atoms with van der Waals surface area (Å²) in [5.41, 5.74) is 2.61. The first-order valence-electron chi connectivity index (χ1n) is 12.9. The van der Waals surface area contributed by atoms with Crippen molar-refractivity contribution in [1.82, 2.24) is 14.8 Å². The molecule has 0 aliphatic rings. The summed E-state index contributed by atoms with van der Waals surface area (Å²) in [6.07, 6.45) is 3.84. The highest BCUT2D eigenvalue weighted by Crippen LogP contribution is 2.49. The molecule has 0 aliphatic heterocycles. The van der Waals surface area contributed by atoms with Gasteiger partial charge in [-0.05, 0) is 54.1 Å². The van der Waals surface area contributed by atoms with E-state index in [4.69, 9.17) is 27.0 Å². The molecule has 0 N–H and O–H groups in total. The molecule has 4 rings (SSSR count). The van der Waals surface area contributed by atoms with Crippen LogP contribution in [0.1, 0.15) is 68.3 Å². The van der Waals surface area contributed by atoms with Crippen LogP contribution in [0.5, 0.6) is 0 Å². The monoisotopic (exact) mass is 529 g/mol. The Morgan fingerprint density at radius 1 is 0.838 bits per heavy atom. The molecule has 1 atom stereocenters. The summed E-state index contributed by atoms with van der Waals surface area (Å²) in [4.78, 5) is 4.95. The average molecular weight is 530 g/mol. The zero-order valence-electron chi connectivity index (χ0n) is 22.0. The van der Waals surface area contributed by atoms with E-state index in [2.05, 4.69) is 93.6 Å². The summed E-state index contributed by atoms with van der Waals surface area (Å²) >= 11 is 7.14. The van der Waals surface area contributed by atoms with Gasteiger partial charge in [-0.1, -0.05) is 124 Å². The lowest BCUT2D eigenvalue weighted by molar-refractivity contribution is 0.280. The fraction of sp³-hybridized carbons (Fsp3) is 0.323. The third kappa shape index (κ3) is 5.36. The number of thiocarbonyl (C=S) groups is 1. The number of benzene rings is 3. The maximum absolute atomic E-state index is 5.69. The molecule has 0 saturated heterocycles. The molecule has 0 radical (unpaired) electrons. The summed E-state index contributed by atoms with van der Waals surface area (Å²) < 4.78 is 8.26. The molecule has 1 aromatic heterocycles. The van der Waals surface area contributed by atoms with E-state index in [1.54, 1.807) is 11.8 Å². The molecule has 0 aliphatic carbocycles. The minimum atomic E-state index is -0.695. The van der Waals surface area contributed by atoms with Crippen molar-refractivity contribution in [1.29, 1.82) is 0 Å². The van der Waals surface area contributed by atoms with E-state index in [-0.39, 0.29) is 10.7 Å². The van der Waals surface area contributed by atoms with Crippen molar-refractivity contribution in [3.8, 4) is 0 Å². The Bertz CT molecular complexity index is 1170. The van der Waals surface area contributed by atoms with E-state index in [1.165, 1.54) is 0 Å². The van der Waals surface area contributed by atoms with Gasteiger partial charge in [0.2, 0.25) is 4.38 Å². The fourth-order valence-corrected chi connectivity index (χ4v) is 6.48. The molecule has 0 saturated carbocycles. The molecule has 0 spiro atoms. The van der Waals surface area contributed by atoms with Crippen molar-refractivity contribution in [3.05, 3.63) is 120 Å². The second-order valence-electron chi connectivity index (χ2n) is 9.40. The molecule has 1 heterocycles. The number of thioether (sulfide) groups is 1. The molecule has 37 heavy (non-hydrogen) atoms. The smallest absolute Gasteiger partial charge is 0.220 e. The maximum atomic E-state index is 5.69. The van der Waals surface area contributed by atoms with Gasteiger partial charge in [-0.2, -0.15) is 5.10 Å². The van der Waals surface area contributed by atoms with Gasteiger partial charge in [0.05, 0.1) is 11.9 Å². The second-order valence-corrected chi connectivity index (χ2v) is 11.1. The van der Waals surface area contributed by atoms with Crippen molar-refractivity contribution < 1.29 is 4.74 Å². The first-order valence-corrected chi connectivity index (χ1v) is 14.2. The van der Waals surface area contributed by atoms with Crippen molar-refractivity contribution in [2.75, 3.05) is 6.61 Å². The lowest BCUT2D eigenvalue weighted by atomic mass is 9.77. The third-order valence-electron chi connectivity index (χ3n) is 7.39. The van der Waals surface area contributed by atoms with E-state index in [9.17, 15) is 0 Å². The number of rotatable bonds is 10. The lowest BCUT2D eigenvalue weighted by Gasteiger charge is -2.36. The second kappa shape index (κ2) is 12.1. The van der Waals surface area contributed by atoms with Gasteiger partial charge in [0.1, 0.15) is 11.9 Å². The SMILES string of the molecule is CCOC(=S)SC(c1ncn(C(c2ccccc2)(c2ccccc2)c2ccccc2)n1)C(C)(CC)CC. The Hall–Kier alpha value is -2.96. The normalized spacial score (nSPS) is 12.8. The van der Waals surface area contributed by atoms with Gasteiger partial charge >= 0.3 is 0 Å². The summed E-state index contributed by atoms with van der Waals surface area (Å²) in [5.74, 6) is 0.769.